The van der Waals surface area contributed by atoms with Gasteiger partial charge in [0.05, 0.1) is 11.0 Å². The third-order valence-corrected chi connectivity index (χ3v) is 2.67. The van der Waals surface area contributed by atoms with Gasteiger partial charge in [-0.25, -0.2) is 0 Å². The van der Waals surface area contributed by atoms with Crippen molar-refractivity contribution >= 4 is 5.69 Å². The number of aryl methyl sites for hydroxylation is 1. The topological polar surface area (TPSA) is 63.4 Å². The van der Waals surface area contributed by atoms with Crippen LogP contribution in [-0.4, -0.2) is 16.1 Å². The number of hydrogen-bond donors (Lipinski definition) is 1. The number of nitro groups is 1. The highest BCUT2D eigenvalue weighted by atomic mass is 16.6. The van der Waals surface area contributed by atoms with Crippen LogP contribution in [0.3, 0.4) is 0 Å². The van der Waals surface area contributed by atoms with Crippen LogP contribution in [0.1, 0.15) is 30.9 Å². The van der Waals surface area contributed by atoms with Gasteiger partial charge in [0.1, 0.15) is 0 Å². The van der Waals surface area contributed by atoms with Gasteiger partial charge in [-0.3, -0.25) is 10.1 Å². The molecule has 0 aromatic heterocycles. The molecule has 1 rings (SSSR count). The van der Waals surface area contributed by atoms with Gasteiger partial charge in [0, 0.05) is 17.5 Å². The number of aliphatic hydroxyl groups is 1. The zero-order chi connectivity index (χ0) is 11.6. The largest absolute Gasteiger partial charge is 0.393 e. The maximum atomic E-state index is 10.6. The molecule has 82 valence electrons. The first-order chi connectivity index (χ1) is 6.93. The predicted octanol–water partition coefficient (Wildman–Crippen LogP) is 2.39. The lowest BCUT2D eigenvalue weighted by atomic mass is 9.94. The molecule has 0 aliphatic carbocycles. The summed E-state index contributed by atoms with van der Waals surface area (Å²) >= 11 is 0. The van der Waals surface area contributed by atoms with Crippen molar-refractivity contribution in [1.82, 2.24) is 0 Å². The van der Waals surface area contributed by atoms with Gasteiger partial charge in [0.2, 0.25) is 0 Å². The second-order valence-electron chi connectivity index (χ2n) is 3.83. The van der Waals surface area contributed by atoms with E-state index >= 15 is 0 Å². The van der Waals surface area contributed by atoms with Crippen molar-refractivity contribution in [3.8, 4) is 0 Å². The number of nitro benzene ring substituents is 1. The molecule has 0 aliphatic heterocycles. The molecule has 0 bridgehead atoms. The lowest BCUT2D eigenvalue weighted by Crippen LogP contribution is -2.11. The van der Waals surface area contributed by atoms with Crippen LogP contribution < -0.4 is 0 Å². The van der Waals surface area contributed by atoms with Crippen molar-refractivity contribution in [2.75, 3.05) is 0 Å². The molecule has 0 heterocycles. The van der Waals surface area contributed by atoms with Crippen LogP contribution in [0.2, 0.25) is 0 Å². The van der Waals surface area contributed by atoms with Crippen molar-refractivity contribution < 1.29 is 10.0 Å². The smallest absolute Gasteiger partial charge is 0.272 e. The SMILES string of the molecule is Cc1cc(C(C)C(C)O)ccc1[N+](=O)[O-]. The molecule has 0 saturated carbocycles. The first-order valence-electron chi connectivity index (χ1n) is 4.86. The molecule has 15 heavy (non-hydrogen) atoms. The van der Waals surface area contributed by atoms with E-state index in [1.807, 2.05) is 6.92 Å². The summed E-state index contributed by atoms with van der Waals surface area (Å²) < 4.78 is 0. The number of benzene rings is 1. The minimum atomic E-state index is -0.453. The van der Waals surface area contributed by atoms with Gasteiger partial charge in [0.25, 0.3) is 5.69 Å². The molecular weight excluding hydrogens is 194 g/mol. The molecule has 0 aliphatic rings. The van der Waals surface area contributed by atoms with Gasteiger partial charge in [-0.1, -0.05) is 13.0 Å². The average molecular weight is 209 g/mol. The third kappa shape index (κ3) is 2.53. The first kappa shape index (κ1) is 11.7. The van der Waals surface area contributed by atoms with Gasteiger partial charge < -0.3 is 5.11 Å². The molecule has 0 saturated heterocycles. The van der Waals surface area contributed by atoms with Crippen molar-refractivity contribution in [3.63, 3.8) is 0 Å². The summed E-state index contributed by atoms with van der Waals surface area (Å²) in [4.78, 5) is 10.2. The summed E-state index contributed by atoms with van der Waals surface area (Å²) in [6.07, 6.45) is -0.453. The van der Waals surface area contributed by atoms with E-state index in [1.165, 1.54) is 6.07 Å². The zero-order valence-corrected chi connectivity index (χ0v) is 9.10. The van der Waals surface area contributed by atoms with E-state index in [0.717, 1.165) is 5.56 Å². The lowest BCUT2D eigenvalue weighted by Gasteiger charge is -2.15. The molecule has 0 spiro atoms. The van der Waals surface area contributed by atoms with Gasteiger partial charge in [-0.2, -0.15) is 0 Å². The standard InChI is InChI=1S/C11H15NO3/c1-7-6-10(8(2)9(3)13)4-5-11(7)12(14)15/h4-6,8-9,13H,1-3H3. The van der Waals surface area contributed by atoms with E-state index in [4.69, 9.17) is 0 Å². The number of nitrogens with zero attached hydrogens (tertiary/aromatic N) is 1. The van der Waals surface area contributed by atoms with E-state index in [0.29, 0.717) is 5.56 Å². The zero-order valence-electron chi connectivity index (χ0n) is 9.10. The second-order valence-corrected chi connectivity index (χ2v) is 3.83. The Labute approximate surface area is 88.7 Å². The van der Waals surface area contributed by atoms with Crippen LogP contribution >= 0.6 is 0 Å². The Kier molecular flexibility index (Phi) is 3.42. The van der Waals surface area contributed by atoms with Crippen LogP contribution in [-0.2, 0) is 0 Å². The monoisotopic (exact) mass is 209 g/mol. The highest BCUT2D eigenvalue weighted by molar-refractivity contribution is 5.42. The average Bonchev–Trinajstić information content (AvgIpc) is 2.15. The molecule has 2 atom stereocenters. The first-order valence-corrected chi connectivity index (χ1v) is 4.86. The molecule has 0 amide bonds. The Hall–Kier alpha value is -1.42. The normalized spacial score (nSPS) is 14.7. The fourth-order valence-electron chi connectivity index (χ4n) is 1.45. The Bertz CT molecular complexity index is 374. The van der Waals surface area contributed by atoms with E-state index in [-0.39, 0.29) is 11.6 Å². The predicted molar refractivity (Wildman–Crippen MR) is 57.9 cm³/mol. The van der Waals surface area contributed by atoms with Crippen LogP contribution in [0.25, 0.3) is 0 Å². The van der Waals surface area contributed by atoms with E-state index in [1.54, 1.807) is 26.0 Å². The van der Waals surface area contributed by atoms with E-state index in [9.17, 15) is 15.2 Å². The lowest BCUT2D eigenvalue weighted by molar-refractivity contribution is -0.385. The second kappa shape index (κ2) is 4.40. The molecule has 1 N–H and O–H groups in total. The molecule has 1 aromatic carbocycles. The van der Waals surface area contributed by atoms with Crippen molar-refractivity contribution in [2.24, 2.45) is 0 Å². The molecule has 2 unspecified atom stereocenters. The molecule has 0 fully saturated rings. The van der Waals surface area contributed by atoms with Gasteiger partial charge in [0.15, 0.2) is 0 Å². The van der Waals surface area contributed by atoms with Crippen molar-refractivity contribution in [2.45, 2.75) is 32.8 Å². The fraction of sp³-hybridized carbons (Fsp3) is 0.455. The van der Waals surface area contributed by atoms with Crippen molar-refractivity contribution in [3.05, 3.63) is 39.4 Å². The molecule has 4 heteroatoms. The van der Waals surface area contributed by atoms with E-state index < -0.39 is 11.0 Å². The minimum absolute atomic E-state index is 0.00972. The number of hydrogen-bond acceptors (Lipinski definition) is 3. The molecule has 0 radical (unpaired) electrons. The van der Waals surface area contributed by atoms with Gasteiger partial charge in [-0.05, 0) is 25.5 Å². The summed E-state index contributed by atoms with van der Waals surface area (Å²) in [5, 5.41) is 20.0. The Balaban J connectivity index is 3.06. The Morgan fingerprint density at radius 3 is 2.40 bits per heavy atom. The quantitative estimate of drug-likeness (QED) is 0.614. The summed E-state index contributed by atoms with van der Waals surface area (Å²) in [6.45, 7) is 5.31. The summed E-state index contributed by atoms with van der Waals surface area (Å²) in [6, 6.07) is 4.95. The highest BCUT2D eigenvalue weighted by Crippen LogP contribution is 2.25. The Morgan fingerprint density at radius 1 is 1.40 bits per heavy atom. The third-order valence-electron chi connectivity index (χ3n) is 2.67. The van der Waals surface area contributed by atoms with Crippen LogP contribution in [0.5, 0.6) is 0 Å². The molecule has 1 aromatic rings. The van der Waals surface area contributed by atoms with Crippen LogP contribution in [0.4, 0.5) is 5.69 Å². The number of aliphatic hydroxyl groups excluding tert-OH is 1. The van der Waals surface area contributed by atoms with Crippen LogP contribution in [0.15, 0.2) is 18.2 Å². The van der Waals surface area contributed by atoms with E-state index in [2.05, 4.69) is 0 Å². The summed E-state index contributed by atoms with van der Waals surface area (Å²) in [5.74, 6) is -0.00972. The number of rotatable bonds is 3. The van der Waals surface area contributed by atoms with Crippen molar-refractivity contribution in [1.29, 1.82) is 0 Å². The fourth-order valence-corrected chi connectivity index (χ4v) is 1.45. The van der Waals surface area contributed by atoms with Crippen LogP contribution in [0, 0.1) is 17.0 Å². The maximum absolute atomic E-state index is 10.6. The summed E-state index contributed by atoms with van der Waals surface area (Å²) in [7, 11) is 0. The highest BCUT2D eigenvalue weighted by Gasteiger charge is 2.15. The van der Waals surface area contributed by atoms with Gasteiger partial charge in [-0.15, -0.1) is 0 Å². The summed E-state index contributed by atoms with van der Waals surface area (Å²) in [5.41, 5.74) is 1.68. The molecule has 4 nitrogen and oxygen atoms in total. The van der Waals surface area contributed by atoms with Gasteiger partial charge >= 0.3 is 0 Å². The Morgan fingerprint density at radius 2 is 2.00 bits per heavy atom. The molecular formula is C11H15NO3. The minimum Gasteiger partial charge on any atom is -0.393 e. The maximum Gasteiger partial charge on any atom is 0.272 e.